The summed E-state index contributed by atoms with van der Waals surface area (Å²) >= 11 is 1.38. The molecule has 22 heavy (non-hydrogen) atoms. The summed E-state index contributed by atoms with van der Waals surface area (Å²) in [6.07, 6.45) is 0. The third kappa shape index (κ3) is 1.79. The fourth-order valence-corrected chi connectivity index (χ4v) is 3.55. The minimum absolute atomic E-state index is 0.125. The molecule has 0 fully saturated rings. The first-order valence-corrected chi connectivity index (χ1v) is 7.57. The van der Waals surface area contributed by atoms with Gasteiger partial charge in [0.2, 0.25) is 0 Å². The third-order valence-electron chi connectivity index (χ3n) is 3.73. The second-order valence-corrected chi connectivity index (χ2v) is 5.96. The highest BCUT2D eigenvalue weighted by molar-refractivity contribution is 7.17. The second kappa shape index (κ2) is 4.61. The van der Waals surface area contributed by atoms with Crippen molar-refractivity contribution in [1.29, 1.82) is 0 Å². The van der Waals surface area contributed by atoms with Crippen molar-refractivity contribution >= 4 is 32.3 Å². The van der Waals surface area contributed by atoms with Crippen LogP contribution in [0.1, 0.15) is 0 Å². The Morgan fingerprint density at radius 3 is 2.50 bits per heavy atom. The minimum Gasteiger partial charge on any atom is -0.508 e. The van der Waals surface area contributed by atoms with E-state index in [0.717, 1.165) is 16.3 Å². The maximum absolute atomic E-state index is 12.1. The average molecular weight is 309 g/mol. The van der Waals surface area contributed by atoms with Crippen molar-refractivity contribution in [3.05, 3.63) is 58.2 Å². The van der Waals surface area contributed by atoms with Crippen molar-refractivity contribution in [1.82, 2.24) is 4.98 Å². The van der Waals surface area contributed by atoms with E-state index in [-0.39, 0.29) is 17.1 Å². The van der Waals surface area contributed by atoms with Crippen LogP contribution in [0.25, 0.3) is 32.1 Å². The van der Waals surface area contributed by atoms with Crippen LogP contribution in [0.2, 0.25) is 0 Å². The van der Waals surface area contributed by atoms with Gasteiger partial charge in [-0.1, -0.05) is 12.1 Å². The monoisotopic (exact) mass is 309 g/mol. The molecule has 0 aliphatic heterocycles. The van der Waals surface area contributed by atoms with Gasteiger partial charge in [-0.25, -0.2) is 0 Å². The first-order chi connectivity index (χ1) is 10.6. The Labute approximate surface area is 128 Å². The van der Waals surface area contributed by atoms with Crippen LogP contribution in [-0.2, 0) is 0 Å². The van der Waals surface area contributed by atoms with E-state index in [9.17, 15) is 15.0 Å². The largest absolute Gasteiger partial charge is 0.508 e. The number of aromatic hydroxyl groups is 2. The number of phenols is 2. The van der Waals surface area contributed by atoms with Crippen LogP contribution in [0.5, 0.6) is 11.5 Å². The number of H-pyrrole nitrogens is 1. The smallest absolute Gasteiger partial charge is 0.266 e. The minimum atomic E-state index is -0.125. The van der Waals surface area contributed by atoms with Gasteiger partial charge in [0.05, 0.1) is 0 Å². The molecule has 2 aromatic carbocycles. The van der Waals surface area contributed by atoms with Crippen LogP contribution < -0.4 is 5.56 Å². The van der Waals surface area contributed by atoms with Gasteiger partial charge >= 0.3 is 0 Å². The molecule has 0 amide bonds. The number of hydrogen-bond donors (Lipinski definition) is 3. The number of aromatic nitrogens is 1. The van der Waals surface area contributed by atoms with Crippen LogP contribution in [0, 0.1) is 0 Å². The third-order valence-corrected chi connectivity index (χ3v) is 4.64. The van der Waals surface area contributed by atoms with Crippen molar-refractivity contribution in [3.8, 4) is 22.6 Å². The van der Waals surface area contributed by atoms with Gasteiger partial charge in [0.1, 0.15) is 16.2 Å². The van der Waals surface area contributed by atoms with Crippen LogP contribution in [0.4, 0.5) is 0 Å². The average Bonchev–Trinajstić information content (AvgIpc) is 2.99. The van der Waals surface area contributed by atoms with Crippen molar-refractivity contribution in [2.45, 2.75) is 0 Å². The number of hydrogen-bond acceptors (Lipinski definition) is 4. The van der Waals surface area contributed by atoms with E-state index in [1.54, 1.807) is 36.4 Å². The maximum Gasteiger partial charge on any atom is 0.266 e. The number of pyridine rings is 1. The molecule has 0 aliphatic carbocycles. The summed E-state index contributed by atoms with van der Waals surface area (Å²) in [5.74, 6) is 0.301. The highest BCUT2D eigenvalue weighted by Gasteiger charge is 2.15. The van der Waals surface area contributed by atoms with E-state index in [1.165, 1.54) is 11.3 Å². The Bertz CT molecular complexity index is 1060. The Hall–Kier alpha value is -2.79. The lowest BCUT2D eigenvalue weighted by Crippen LogP contribution is -2.04. The second-order valence-electron chi connectivity index (χ2n) is 5.05. The molecule has 0 saturated heterocycles. The fraction of sp³-hybridized carbons (Fsp3) is 0. The van der Waals surface area contributed by atoms with E-state index in [2.05, 4.69) is 4.98 Å². The number of aromatic amines is 1. The van der Waals surface area contributed by atoms with E-state index >= 15 is 0 Å². The first-order valence-electron chi connectivity index (χ1n) is 6.70. The van der Waals surface area contributed by atoms with Crippen molar-refractivity contribution in [3.63, 3.8) is 0 Å². The molecule has 0 aliphatic rings. The van der Waals surface area contributed by atoms with Gasteiger partial charge < -0.3 is 15.2 Å². The van der Waals surface area contributed by atoms with Gasteiger partial charge in [0.15, 0.2) is 0 Å². The number of thiophene rings is 1. The van der Waals surface area contributed by atoms with Gasteiger partial charge in [0, 0.05) is 21.9 Å². The molecule has 2 aromatic heterocycles. The number of rotatable bonds is 1. The molecule has 2 heterocycles. The number of phenolic OH excluding ortho intramolecular Hbond substituents is 2. The maximum atomic E-state index is 12.1. The molecule has 3 N–H and O–H groups in total. The molecule has 0 spiro atoms. The van der Waals surface area contributed by atoms with E-state index in [0.29, 0.717) is 15.8 Å². The summed E-state index contributed by atoms with van der Waals surface area (Å²) in [6.45, 7) is 0. The number of fused-ring (bicyclic) bond motifs is 3. The lowest BCUT2D eigenvalue weighted by atomic mass is 9.97. The predicted octanol–water partition coefficient (Wildman–Crippen LogP) is 3.82. The van der Waals surface area contributed by atoms with Crippen molar-refractivity contribution < 1.29 is 10.2 Å². The van der Waals surface area contributed by atoms with Gasteiger partial charge in [-0.15, -0.1) is 11.3 Å². The highest BCUT2D eigenvalue weighted by Crippen LogP contribution is 2.39. The molecule has 4 aromatic rings. The van der Waals surface area contributed by atoms with Crippen molar-refractivity contribution in [2.75, 3.05) is 0 Å². The Morgan fingerprint density at radius 1 is 0.955 bits per heavy atom. The molecule has 0 bridgehead atoms. The molecule has 108 valence electrons. The Morgan fingerprint density at radius 2 is 1.73 bits per heavy atom. The normalized spacial score (nSPS) is 11.3. The summed E-state index contributed by atoms with van der Waals surface area (Å²) in [4.78, 5) is 15.0. The molecular formula is C17H11NO3S. The first kappa shape index (κ1) is 12.9. The quantitative estimate of drug-likeness (QED) is 0.500. The van der Waals surface area contributed by atoms with E-state index in [4.69, 9.17) is 0 Å². The Balaban J connectivity index is 2.21. The molecule has 0 saturated carbocycles. The summed E-state index contributed by atoms with van der Waals surface area (Å²) in [5.41, 5.74) is 1.98. The molecule has 0 unspecified atom stereocenters. The SMILES string of the molecule is O=c1[nH]c2ccc(O)c(-c3ccc(O)cc3)c2c2ccsc12. The molecule has 4 rings (SSSR count). The summed E-state index contributed by atoms with van der Waals surface area (Å²) in [5, 5.41) is 23.3. The topological polar surface area (TPSA) is 73.3 Å². The Kier molecular flexibility index (Phi) is 2.71. The van der Waals surface area contributed by atoms with Crippen LogP contribution in [0.15, 0.2) is 52.6 Å². The van der Waals surface area contributed by atoms with E-state index in [1.807, 2.05) is 11.4 Å². The molecular weight excluding hydrogens is 298 g/mol. The fourth-order valence-electron chi connectivity index (χ4n) is 2.76. The van der Waals surface area contributed by atoms with E-state index < -0.39 is 0 Å². The van der Waals surface area contributed by atoms with Crippen LogP contribution >= 0.6 is 11.3 Å². The standard InChI is InChI=1S/C17H11NO3S/c19-10-3-1-9(2-4-10)14-13(20)6-5-12-15(14)11-7-8-22-16(11)17(21)18-12/h1-8,19-20H,(H,18,21). The van der Waals surface area contributed by atoms with Gasteiger partial charge in [-0.05, 0) is 41.3 Å². The van der Waals surface area contributed by atoms with Crippen molar-refractivity contribution in [2.24, 2.45) is 0 Å². The lowest BCUT2D eigenvalue weighted by molar-refractivity contribution is 0.474. The summed E-state index contributed by atoms with van der Waals surface area (Å²) < 4.78 is 0.637. The summed E-state index contributed by atoms with van der Waals surface area (Å²) in [6, 6.07) is 11.8. The molecule has 0 radical (unpaired) electrons. The van der Waals surface area contributed by atoms with Crippen LogP contribution in [0.3, 0.4) is 0 Å². The number of nitrogens with one attached hydrogen (secondary N) is 1. The van der Waals surface area contributed by atoms with Gasteiger partial charge in [-0.2, -0.15) is 0 Å². The van der Waals surface area contributed by atoms with Crippen LogP contribution in [-0.4, -0.2) is 15.2 Å². The lowest BCUT2D eigenvalue weighted by Gasteiger charge is -2.10. The molecule has 4 nitrogen and oxygen atoms in total. The number of benzene rings is 2. The zero-order chi connectivity index (χ0) is 15.3. The summed E-state index contributed by atoms with van der Waals surface area (Å²) in [7, 11) is 0. The van der Waals surface area contributed by atoms with Gasteiger partial charge in [0.25, 0.3) is 5.56 Å². The zero-order valence-electron chi connectivity index (χ0n) is 11.3. The molecule has 0 atom stereocenters. The highest BCUT2D eigenvalue weighted by atomic mass is 32.1. The predicted molar refractivity (Wildman–Crippen MR) is 88.7 cm³/mol. The molecule has 5 heteroatoms. The zero-order valence-corrected chi connectivity index (χ0v) is 12.1. The van der Waals surface area contributed by atoms with Gasteiger partial charge in [-0.3, -0.25) is 4.79 Å².